The van der Waals surface area contributed by atoms with Gasteiger partial charge in [0.2, 0.25) is 10.0 Å². The Morgan fingerprint density at radius 1 is 1.18 bits per heavy atom. The summed E-state index contributed by atoms with van der Waals surface area (Å²) in [5.74, 6) is -0.363. The van der Waals surface area contributed by atoms with E-state index in [0.29, 0.717) is 30.0 Å². The van der Waals surface area contributed by atoms with Gasteiger partial charge in [-0.05, 0) is 36.8 Å². The predicted molar refractivity (Wildman–Crippen MR) is 127 cm³/mol. The molecule has 4 heterocycles. The molecule has 11 heteroatoms. The lowest BCUT2D eigenvalue weighted by Gasteiger charge is -2.26. The molecule has 0 atom stereocenters. The van der Waals surface area contributed by atoms with Crippen LogP contribution in [0.4, 0.5) is 5.69 Å². The number of nitrogens with two attached hydrogens (primary N) is 1. The van der Waals surface area contributed by atoms with E-state index in [1.165, 1.54) is 10.4 Å². The van der Waals surface area contributed by atoms with E-state index in [0.717, 1.165) is 16.6 Å². The number of rotatable bonds is 5. The third-order valence-corrected chi connectivity index (χ3v) is 8.33. The highest BCUT2D eigenvalue weighted by Gasteiger charge is 2.32. The van der Waals surface area contributed by atoms with Crippen LogP contribution in [0.3, 0.4) is 0 Å². The zero-order valence-corrected chi connectivity index (χ0v) is 19.7. The molecule has 0 aliphatic carbocycles. The first kappa shape index (κ1) is 22.1. The van der Waals surface area contributed by atoms with Crippen molar-refractivity contribution in [2.75, 3.05) is 12.3 Å². The van der Waals surface area contributed by atoms with Crippen LogP contribution in [0.2, 0.25) is 0 Å². The topological polar surface area (TPSA) is 128 Å². The second-order valence-corrected chi connectivity index (χ2v) is 10.2. The van der Waals surface area contributed by atoms with Crippen molar-refractivity contribution in [3.63, 3.8) is 0 Å². The smallest absolute Gasteiger partial charge is 0.268 e. The fourth-order valence-electron chi connectivity index (χ4n) is 4.33. The monoisotopic (exact) mass is 479 g/mol. The molecule has 3 N–H and O–H groups in total. The molecule has 0 fully saturated rings. The van der Waals surface area contributed by atoms with Gasteiger partial charge in [-0.15, -0.1) is 0 Å². The van der Waals surface area contributed by atoms with E-state index < -0.39 is 10.0 Å². The van der Waals surface area contributed by atoms with Crippen molar-refractivity contribution in [2.45, 2.75) is 31.5 Å². The number of nitrogen functional groups attached to an aromatic ring is 1. The minimum atomic E-state index is -3.78. The Labute approximate surface area is 197 Å². The van der Waals surface area contributed by atoms with Gasteiger partial charge < -0.3 is 15.6 Å². The number of carbonyl (C=O) groups excluding carboxylic acids is 1. The third-order valence-electron chi connectivity index (χ3n) is 6.37. The fourth-order valence-corrected chi connectivity index (χ4v) is 6.00. The van der Waals surface area contributed by atoms with Crippen LogP contribution in [0, 0.1) is 6.92 Å². The molecular weight excluding hydrogens is 454 g/mol. The van der Waals surface area contributed by atoms with Crippen LogP contribution in [-0.4, -0.2) is 44.5 Å². The largest absolute Gasteiger partial charge is 0.397 e. The highest BCUT2D eigenvalue weighted by atomic mass is 32.2. The van der Waals surface area contributed by atoms with E-state index >= 15 is 0 Å². The van der Waals surface area contributed by atoms with Gasteiger partial charge in [-0.1, -0.05) is 12.1 Å². The van der Waals surface area contributed by atoms with Gasteiger partial charge >= 0.3 is 0 Å². The number of aromatic nitrogens is 4. The van der Waals surface area contributed by atoms with Gasteiger partial charge in [-0.25, -0.2) is 8.42 Å². The van der Waals surface area contributed by atoms with E-state index in [9.17, 15) is 13.2 Å². The van der Waals surface area contributed by atoms with Gasteiger partial charge in [0.15, 0.2) is 0 Å². The molecule has 0 spiro atoms. The average Bonchev–Trinajstić information content (AvgIpc) is 3.43. The Morgan fingerprint density at radius 3 is 2.82 bits per heavy atom. The number of pyridine rings is 1. The van der Waals surface area contributed by atoms with Crippen molar-refractivity contribution in [3.8, 4) is 0 Å². The fraction of sp³-hybridized carbons (Fsp3) is 0.261. The second-order valence-electron chi connectivity index (χ2n) is 8.32. The number of nitrogens with zero attached hydrogens (tertiary/aromatic N) is 5. The standard InChI is InChI=1S/C23H25N7O3S/c1-15-21(34(32,33)29-10-11-30-17(14-29)7-9-27-30)12-20(28(15)2)23(31)26-13-16-5-6-19(24)22-18(16)4-3-8-25-22/h3-9,12H,10-11,13-14,24H2,1-2H3,(H,26,31). The van der Waals surface area contributed by atoms with Gasteiger partial charge in [0.1, 0.15) is 10.6 Å². The molecule has 34 heavy (non-hydrogen) atoms. The molecule has 1 aromatic carbocycles. The number of hydrogen-bond donors (Lipinski definition) is 2. The maximum Gasteiger partial charge on any atom is 0.268 e. The summed E-state index contributed by atoms with van der Waals surface area (Å²) in [7, 11) is -2.09. The molecule has 10 nitrogen and oxygen atoms in total. The van der Waals surface area contributed by atoms with Crippen molar-refractivity contribution in [3.05, 3.63) is 71.4 Å². The highest BCUT2D eigenvalue weighted by molar-refractivity contribution is 7.89. The summed E-state index contributed by atoms with van der Waals surface area (Å²) < 4.78 is 31.7. The van der Waals surface area contributed by atoms with E-state index in [2.05, 4.69) is 15.4 Å². The van der Waals surface area contributed by atoms with Crippen LogP contribution in [0.15, 0.2) is 53.7 Å². The molecule has 4 aromatic rings. The summed E-state index contributed by atoms with van der Waals surface area (Å²) in [6.45, 7) is 3.02. The first-order valence-electron chi connectivity index (χ1n) is 10.8. The molecule has 0 unspecified atom stereocenters. The van der Waals surface area contributed by atoms with Crippen molar-refractivity contribution in [2.24, 2.45) is 7.05 Å². The van der Waals surface area contributed by atoms with E-state index in [4.69, 9.17) is 5.73 Å². The van der Waals surface area contributed by atoms with Gasteiger partial charge in [-0.2, -0.15) is 9.40 Å². The maximum atomic E-state index is 13.4. The Balaban J connectivity index is 1.39. The van der Waals surface area contributed by atoms with E-state index in [-0.39, 0.29) is 29.6 Å². The van der Waals surface area contributed by atoms with Crippen molar-refractivity contribution >= 4 is 32.5 Å². The van der Waals surface area contributed by atoms with Crippen molar-refractivity contribution in [1.29, 1.82) is 0 Å². The number of amides is 1. The zero-order valence-electron chi connectivity index (χ0n) is 18.9. The molecule has 0 saturated carbocycles. The second kappa shape index (κ2) is 8.26. The Kier molecular flexibility index (Phi) is 5.37. The van der Waals surface area contributed by atoms with Crippen molar-refractivity contribution < 1.29 is 13.2 Å². The summed E-state index contributed by atoms with van der Waals surface area (Å²) in [5.41, 5.74) is 9.75. The van der Waals surface area contributed by atoms with Crippen LogP contribution < -0.4 is 11.1 Å². The van der Waals surface area contributed by atoms with E-state index in [1.807, 2.05) is 24.3 Å². The number of anilines is 1. The number of sulfonamides is 1. The van der Waals surface area contributed by atoms with Crippen LogP contribution in [0.5, 0.6) is 0 Å². The molecule has 0 radical (unpaired) electrons. The van der Waals surface area contributed by atoms with E-state index in [1.54, 1.807) is 41.7 Å². The molecule has 3 aromatic heterocycles. The molecule has 176 valence electrons. The zero-order chi connectivity index (χ0) is 24.0. The van der Waals surface area contributed by atoms with Gasteiger partial charge in [-0.3, -0.25) is 14.5 Å². The summed E-state index contributed by atoms with van der Waals surface area (Å²) in [4.78, 5) is 17.5. The van der Waals surface area contributed by atoms with Gasteiger partial charge in [0.25, 0.3) is 5.91 Å². The highest BCUT2D eigenvalue weighted by Crippen LogP contribution is 2.27. The maximum absolute atomic E-state index is 13.4. The quantitative estimate of drug-likeness (QED) is 0.420. The lowest BCUT2D eigenvalue weighted by Crippen LogP contribution is -2.38. The Bertz CT molecular complexity index is 1520. The number of benzene rings is 1. The summed E-state index contributed by atoms with van der Waals surface area (Å²) in [5, 5.41) is 7.96. The lowest BCUT2D eigenvalue weighted by atomic mass is 10.1. The molecule has 1 amide bonds. The number of hydrogen-bond acceptors (Lipinski definition) is 6. The van der Waals surface area contributed by atoms with Crippen molar-refractivity contribution in [1.82, 2.24) is 29.0 Å². The SMILES string of the molecule is Cc1c(S(=O)(=O)N2CCn3nccc3C2)cc(C(=O)NCc2ccc(N)c3ncccc23)n1C. The first-order chi connectivity index (χ1) is 16.3. The Morgan fingerprint density at radius 2 is 2.00 bits per heavy atom. The molecule has 0 bridgehead atoms. The Hall–Kier alpha value is -3.70. The first-order valence-corrected chi connectivity index (χ1v) is 12.3. The third kappa shape index (κ3) is 3.62. The molecule has 5 rings (SSSR count). The number of carbonyl (C=O) groups is 1. The van der Waals surface area contributed by atoms with Crippen LogP contribution in [0.25, 0.3) is 10.9 Å². The molecule has 1 aliphatic rings. The summed E-state index contributed by atoms with van der Waals surface area (Å²) in [6, 6.07) is 10.6. The molecule has 1 aliphatic heterocycles. The molecular formula is C23H25N7O3S. The minimum absolute atomic E-state index is 0.134. The number of nitrogens with one attached hydrogen (secondary N) is 1. The summed E-state index contributed by atoms with van der Waals surface area (Å²) in [6.07, 6.45) is 3.34. The van der Waals surface area contributed by atoms with Gasteiger partial charge in [0, 0.05) is 43.6 Å². The number of fused-ring (bicyclic) bond motifs is 2. The normalized spacial score (nSPS) is 14.3. The average molecular weight is 480 g/mol. The van der Waals surface area contributed by atoms with Crippen LogP contribution in [0.1, 0.15) is 27.4 Å². The van der Waals surface area contributed by atoms with Crippen LogP contribution in [-0.2, 0) is 36.7 Å². The van der Waals surface area contributed by atoms with Gasteiger partial charge in [0.05, 0.1) is 30.0 Å². The predicted octanol–water partition coefficient (Wildman–Crippen LogP) is 1.79. The molecule has 0 saturated heterocycles. The van der Waals surface area contributed by atoms with Crippen LogP contribution >= 0.6 is 0 Å². The lowest BCUT2D eigenvalue weighted by molar-refractivity contribution is 0.0942. The minimum Gasteiger partial charge on any atom is -0.397 e. The summed E-state index contributed by atoms with van der Waals surface area (Å²) >= 11 is 0.